The van der Waals surface area contributed by atoms with Gasteiger partial charge >= 0.3 is 0 Å². The van der Waals surface area contributed by atoms with Crippen LogP contribution in [0.5, 0.6) is 5.75 Å². The Hall–Kier alpha value is -5.01. The number of hydrogen-bond acceptors (Lipinski definition) is 14. The first-order valence-corrected chi connectivity index (χ1v) is 11.8. The van der Waals surface area contributed by atoms with Crippen LogP contribution in [0.15, 0.2) is 36.4 Å². The van der Waals surface area contributed by atoms with Crippen molar-refractivity contribution in [1.29, 1.82) is 0 Å². The molecule has 0 saturated carbocycles. The van der Waals surface area contributed by atoms with Crippen LogP contribution in [0.4, 0.5) is 15.8 Å². The van der Waals surface area contributed by atoms with E-state index >= 15 is 0 Å². The molecule has 0 bridgehead atoms. The molecule has 2 aromatic heterocycles. The molecule has 216 valence electrons. The molecule has 2 aliphatic rings. The molecule has 18 nitrogen and oxygen atoms in total. The van der Waals surface area contributed by atoms with Gasteiger partial charge in [0.15, 0.2) is 11.6 Å². The lowest BCUT2D eigenvalue weighted by atomic mass is 10.1. The zero-order chi connectivity index (χ0) is 29.5. The van der Waals surface area contributed by atoms with Crippen molar-refractivity contribution in [2.24, 2.45) is 14.1 Å². The Kier molecular flexibility index (Phi) is 9.12. The van der Waals surface area contributed by atoms with Crippen LogP contribution < -0.4 is 4.74 Å². The summed E-state index contributed by atoms with van der Waals surface area (Å²) in [6, 6.07) is 7.67. The molecule has 0 radical (unpaired) electrons. The van der Waals surface area contributed by atoms with Gasteiger partial charge < -0.3 is 19.3 Å². The first-order valence-electron chi connectivity index (χ1n) is 11.8. The number of non-ortho nitro benzene ring substituents is 2. The number of tetrazole rings is 2. The molecule has 41 heavy (non-hydrogen) atoms. The van der Waals surface area contributed by atoms with Crippen LogP contribution in [0.3, 0.4) is 0 Å². The fourth-order valence-corrected chi connectivity index (χ4v) is 3.34. The van der Waals surface area contributed by atoms with Crippen LogP contribution in [0.1, 0.15) is 0 Å². The number of aromatic nitrogens is 8. The van der Waals surface area contributed by atoms with Gasteiger partial charge in [0.1, 0.15) is 23.8 Å². The van der Waals surface area contributed by atoms with Gasteiger partial charge in [0.25, 0.3) is 11.4 Å². The number of nitrogens with zero attached hydrogens (tertiary/aromatic N) is 10. The normalized spacial score (nSPS) is 14.4. The van der Waals surface area contributed by atoms with Crippen LogP contribution in [-0.2, 0) is 23.6 Å². The average molecular weight is 574 g/mol. The molecular weight excluding hydrogens is 551 g/mol. The third-order valence-electron chi connectivity index (χ3n) is 5.48. The average Bonchev–Trinajstić information content (AvgIpc) is 3.53. The second-order valence-electron chi connectivity index (χ2n) is 8.65. The first-order chi connectivity index (χ1) is 19.6. The van der Waals surface area contributed by atoms with Crippen molar-refractivity contribution in [3.8, 4) is 28.5 Å². The Morgan fingerprint density at radius 3 is 1.73 bits per heavy atom. The summed E-state index contributed by atoms with van der Waals surface area (Å²) >= 11 is 0. The number of nitro benzene ring substituents is 2. The fourth-order valence-electron chi connectivity index (χ4n) is 3.34. The summed E-state index contributed by atoms with van der Waals surface area (Å²) in [6.07, 6.45) is -0.225. The van der Waals surface area contributed by atoms with Gasteiger partial charge in [-0.25, -0.2) is 13.8 Å². The Bertz CT molecular complexity index is 1520. The molecule has 0 unspecified atom stereocenters. The molecule has 4 heterocycles. The number of aliphatic hydroxyl groups excluding tert-OH is 1. The van der Waals surface area contributed by atoms with E-state index in [0.29, 0.717) is 43.6 Å². The highest BCUT2D eigenvalue weighted by atomic mass is 19.1. The zero-order valence-electron chi connectivity index (χ0n) is 21.6. The molecule has 2 saturated heterocycles. The van der Waals surface area contributed by atoms with E-state index in [9.17, 15) is 24.6 Å². The highest BCUT2D eigenvalue weighted by Crippen LogP contribution is 2.29. The van der Waals surface area contributed by atoms with Gasteiger partial charge in [0.05, 0.1) is 48.4 Å². The number of benzene rings is 2. The number of aliphatic hydroxyl groups is 1. The van der Waals surface area contributed by atoms with Crippen molar-refractivity contribution in [3.63, 3.8) is 0 Å². The van der Waals surface area contributed by atoms with Crippen molar-refractivity contribution < 1.29 is 33.6 Å². The molecule has 19 heteroatoms. The van der Waals surface area contributed by atoms with Crippen molar-refractivity contribution >= 4 is 11.4 Å². The maximum atomic E-state index is 13.1. The molecule has 4 aromatic rings. The van der Waals surface area contributed by atoms with Crippen LogP contribution in [0.25, 0.3) is 22.8 Å². The molecule has 2 aliphatic heterocycles. The molecule has 2 aromatic carbocycles. The van der Waals surface area contributed by atoms with Crippen molar-refractivity contribution in [3.05, 3.63) is 62.4 Å². The summed E-state index contributed by atoms with van der Waals surface area (Å²) in [5, 5.41) is 51.5. The molecule has 2 fully saturated rings. The van der Waals surface area contributed by atoms with Gasteiger partial charge in [-0.1, -0.05) is 0 Å². The minimum Gasteiger partial charge on any atom is -0.485 e. The highest BCUT2D eigenvalue weighted by Gasteiger charge is 2.22. The summed E-state index contributed by atoms with van der Waals surface area (Å²) in [4.78, 5) is 20.4. The van der Waals surface area contributed by atoms with E-state index in [1.807, 2.05) is 0 Å². The lowest BCUT2D eigenvalue weighted by Gasteiger charge is -2.26. The monoisotopic (exact) mass is 574 g/mol. The minimum atomic E-state index is -0.702. The molecule has 0 atom stereocenters. The van der Waals surface area contributed by atoms with E-state index in [1.54, 1.807) is 20.2 Å². The number of hydrogen-bond donors (Lipinski definition) is 1. The van der Waals surface area contributed by atoms with Crippen molar-refractivity contribution in [2.45, 2.75) is 12.2 Å². The number of ether oxygens (including phenoxy) is 3. The summed E-state index contributed by atoms with van der Waals surface area (Å²) in [7, 11) is 3.22. The van der Waals surface area contributed by atoms with E-state index in [2.05, 4.69) is 35.8 Å². The van der Waals surface area contributed by atoms with Gasteiger partial charge in [-0.2, -0.15) is 0 Å². The molecule has 0 amide bonds. The lowest BCUT2D eigenvalue weighted by Crippen LogP contribution is -2.38. The molecule has 1 N–H and O–H groups in total. The molecule has 0 spiro atoms. The number of nitro groups is 2. The fraction of sp³-hybridized carbons (Fsp3) is 0.364. The molecule has 6 rings (SSSR count). The maximum Gasteiger partial charge on any atom is 0.273 e. The number of aryl methyl sites for hydroxylation is 2. The van der Waals surface area contributed by atoms with Crippen molar-refractivity contribution in [2.75, 3.05) is 26.4 Å². The number of halogens is 1. The van der Waals surface area contributed by atoms with Gasteiger partial charge in [0.2, 0.25) is 0 Å². The van der Waals surface area contributed by atoms with E-state index in [0.717, 1.165) is 12.1 Å². The quantitative estimate of drug-likeness (QED) is 0.249. The summed E-state index contributed by atoms with van der Waals surface area (Å²) < 4.78 is 31.1. The minimum absolute atomic E-state index is 0.0672. The Balaban J connectivity index is 0.000000164. The molecule has 0 aliphatic carbocycles. The Labute approximate surface area is 229 Å². The second kappa shape index (κ2) is 12.9. The standard InChI is InChI=1S/C11H11N5O4.C8H6FN5O2.C3H6O2/c1-15-11(12-13-14-15)7-2-8(16(17)18)4-9(3-7)20-10-5-19-6-10;1-13-8(10-11-12-13)5-2-6(9)4-7(3-5)14(15)16;4-3-1-5-2-3/h2-4,10H,5-6H2,1H3;2-4H,1H3;3-4H,1-2H2. The van der Waals surface area contributed by atoms with Gasteiger partial charge in [0, 0.05) is 37.4 Å². The smallest absolute Gasteiger partial charge is 0.273 e. The maximum absolute atomic E-state index is 13.1. The van der Waals surface area contributed by atoms with Crippen LogP contribution in [-0.4, -0.2) is 94.0 Å². The summed E-state index contributed by atoms with van der Waals surface area (Å²) in [6.45, 7) is 2.06. The van der Waals surface area contributed by atoms with Crippen LogP contribution in [0.2, 0.25) is 0 Å². The van der Waals surface area contributed by atoms with Crippen LogP contribution in [0, 0.1) is 26.0 Å². The number of rotatable bonds is 6. The van der Waals surface area contributed by atoms with Gasteiger partial charge in [-0.15, -0.1) is 10.2 Å². The zero-order valence-corrected chi connectivity index (χ0v) is 21.6. The Morgan fingerprint density at radius 1 is 0.854 bits per heavy atom. The first kappa shape index (κ1) is 29.0. The third kappa shape index (κ3) is 7.56. The highest BCUT2D eigenvalue weighted by molar-refractivity contribution is 5.62. The summed E-state index contributed by atoms with van der Waals surface area (Å²) in [5.74, 6) is 0.406. The van der Waals surface area contributed by atoms with Crippen molar-refractivity contribution in [1.82, 2.24) is 40.4 Å². The summed E-state index contributed by atoms with van der Waals surface area (Å²) in [5.41, 5.74) is 0.389. The van der Waals surface area contributed by atoms with E-state index < -0.39 is 15.7 Å². The van der Waals surface area contributed by atoms with E-state index in [1.165, 1.54) is 27.6 Å². The lowest BCUT2D eigenvalue weighted by molar-refractivity contribution is -0.385. The second-order valence-corrected chi connectivity index (χ2v) is 8.65. The third-order valence-corrected chi connectivity index (χ3v) is 5.48. The van der Waals surface area contributed by atoms with Gasteiger partial charge in [-0.3, -0.25) is 20.2 Å². The SMILES string of the molecule is Cn1nnnc1-c1cc(F)cc([N+](=O)[O-])c1.Cn1nnnc1-c1cc(OC2COC2)cc([N+](=O)[O-])c1.OC1COC1. The largest absolute Gasteiger partial charge is 0.485 e. The topological polar surface area (TPSA) is 221 Å². The predicted octanol–water partition coefficient (Wildman–Crippen LogP) is 0.865. The van der Waals surface area contributed by atoms with E-state index in [4.69, 9.17) is 14.6 Å². The van der Waals surface area contributed by atoms with Crippen LogP contribution >= 0.6 is 0 Å². The predicted molar refractivity (Wildman–Crippen MR) is 134 cm³/mol. The Morgan fingerprint density at radius 2 is 1.34 bits per heavy atom. The van der Waals surface area contributed by atoms with Gasteiger partial charge in [-0.05, 0) is 33.0 Å². The molecular formula is C22H23FN10O8. The van der Waals surface area contributed by atoms with E-state index in [-0.39, 0.29) is 35.0 Å².